The molecule has 1 fully saturated rings. The van der Waals surface area contributed by atoms with Gasteiger partial charge in [-0.3, -0.25) is 4.79 Å². The summed E-state index contributed by atoms with van der Waals surface area (Å²) in [7, 11) is -4.58. The first-order chi connectivity index (χ1) is 12.4. The zero-order valence-corrected chi connectivity index (χ0v) is 16.5. The SMILES string of the molecule is CC(C)(C)OC(=O)NCc1ccc(CN2CC(CS(=O)(=O)F)CC2=O)cc1. The van der Waals surface area contributed by atoms with E-state index in [1.807, 2.05) is 24.3 Å². The number of alkyl carbamates (subject to hydrolysis) is 1. The smallest absolute Gasteiger partial charge is 0.407 e. The molecule has 1 aromatic rings. The highest BCUT2D eigenvalue weighted by Crippen LogP contribution is 2.22. The van der Waals surface area contributed by atoms with Gasteiger partial charge in [-0.25, -0.2) is 4.79 Å². The number of amides is 2. The largest absolute Gasteiger partial charge is 0.444 e. The van der Waals surface area contributed by atoms with Gasteiger partial charge in [-0.1, -0.05) is 24.3 Å². The number of likely N-dealkylation sites (tertiary alicyclic amines) is 1. The van der Waals surface area contributed by atoms with Crippen molar-refractivity contribution in [3.63, 3.8) is 0 Å². The molecule has 1 heterocycles. The molecule has 0 aliphatic carbocycles. The molecule has 0 bridgehead atoms. The second kappa shape index (κ2) is 8.24. The fraction of sp³-hybridized carbons (Fsp3) is 0.556. The molecule has 1 aromatic carbocycles. The molecule has 7 nitrogen and oxygen atoms in total. The van der Waals surface area contributed by atoms with Crippen LogP contribution in [0.5, 0.6) is 0 Å². The number of nitrogens with one attached hydrogen (secondary N) is 1. The van der Waals surface area contributed by atoms with E-state index in [9.17, 15) is 21.9 Å². The average Bonchev–Trinajstić information content (AvgIpc) is 2.82. The van der Waals surface area contributed by atoms with Crippen molar-refractivity contribution in [2.24, 2.45) is 5.92 Å². The molecule has 1 saturated heterocycles. The summed E-state index contributed by atoms with van der Waals surface area (Å²) in [5.74, 6) is -1.31. The lowest BCUT2D eigenvalue weighted by Gasteiger charge is -2.19. The lowest BCUT2D eigenvalue weighted by Crippen LogP contribution is -2.32. The monoisotopic (exact) mass is 400 g/mol. The summed E-state index contributed by atoms with van der Waals surface area (Å²) in [6.07, 6.45) is -0.454. The maximum absolute atomic E-state index is 12.8. The number of hydrogen-bond acceptors (Lipinski definition) is 5. The Hall–Kier alpha value is -2.16. The summed E-state index contributed by atoms with van der Waals surface area (Å²) in [4.78, 5) is 25.2. The van der Waals surface area contributed by atoms with Crippen LogP contribution in [0, 0.1) is 5.92 Å². The van der Waals surface area contributed by atoms with Crippen LogP contribution in [-0.2, 0) is 32.8 Å². The number of benzene rings is 1. The van der Waals surface area contributed by atoms with Gasteiger partial charge >= 0.3 is 16.3 Å². The number of rotatable bonds is 6. The van der Waals surface area contributed by atoms with Crippen molar-refractivity contribution < 1.29 is 26.6 Å². The van der Waals surface area contributed by atoms with Crippen molar-refractivity contribution in [3.05, 3.63) is 35.4 Å². The summed E-state index contributed by atoms with van der Waals surface area (Å²) < 4.78 is 39.4. The molecule has 2 rings (SSSR count). The highest BCUT2D eigenvalue weighted by Gasteiger charge is 2.32. The van der Waals surface area contributed by atoms with Crippen molar-refractivity contribution in [1.82, 2.24) is 10.2 Å². The van der Waals surface area contributed by atoms with Gasteiger partial charge < -0.3 is 15.0 Å². The molecular weight excluding hydrogens is 375 g/mol. The van der Waals surface area contributed by atoms with E-state index in [1.165, 1.54) is 4.90 Å². The van der Waals surface area contributed by atoms with Gasteiger partial charge in [0.1, 0.15) is 5.60 Å². The molecule has 1 unspecified atom stereocenters. The van der Waals surface area contributed by atoms with Crippen molar-refractivity contribution in [2.75, 3.05) is 12.3 Å². The first kappa shape index (κ1) is 21.1. The summed E-state index contributed by atoms with van der Waals surface area (Å²) in [5.41, 5.74) is 1.18. The van der Waals surface area contributed by atoms with Gasteiger partial charge in [0.15, 0.2) is 0 Å². The third kappa shape index (κ3) is 7.54. The molecule has 150 valence electrons. The van der Waals surface area contributed by atoms with Crippen LogP contribution < -0.4 is 5.32 Å². The van der Waals surface area contributed by atoms with Gasteiger partial charge in [0.05, 0.1) is 5.75 Å². The van der Waals surface area contributed by atoms with Gasteiger partial charge in [0.25, 0.3) is 0 Å². The molecule has 2 amide bonds. The summed E-state index contributed by atoms with van der Waals surface area (Å²) in [6, 6.07) is 7.32. The van der Waals surface area contributed by atoms with Gasteiger partial charge in [-0.15, -0.1) is 3.89 Å². The minimum atomic E-state index is -4.58. The number of carbonyl (C=O) groups is 2. The fourth-order valence-corrected chi connectivity index (χ4v) is 3.66. The molecule has 9 heteroatoms. The Kier molecular flexibility index (Phi) is 6.46. The quantitative estimate of drug-likeness (QED) is 0.740. The molecule has 0 saturated carbocycles. The predicted molar refractivity (Wildman–Crippen MR) is 97.9 cm³/mol. The second-order valence-electron chi connectivity index (χ2n) is 7.72. The van der Waals surface area contributed by atoms with E-state index in [1.54, 1.807) is 20.8 Å². The summed E-state index contributed by atoms with van der Waals surface area (Å²) in [5, 5.41) is 2.66. The van der Waals surface area contributed by atoms with E-state index in [0.717, 1.165) is 11.1 Å². The van der Waals surface area contributed by atoms with Crippen LogP contribution in [0.25, 0.3) is 0 Å². The zero-order valence-electron chi connectivity index (χ0n) is 15.7. The van der Waals surface area contributed by atoms with Crippen LogP contribution >= 0.6 is 0 Å². The molecule has 0 spiro atoms. The minimum absolute atomic E-state index is 0.0427. The van der Waals surface area contributed by atoms with Crippen LogP contribution in [0.15, 0.2) is 24.3 Å². The maximum atomic E-state index is 12.8. The Bertz CT molecular complexity index is 787. The van der Waals surface area contributed by atoms with Crippen LogP contribution in [0.3, 0.4) is 0 Å². The predicted octanol–water partition coefficient (Wildman–Crippen LogP) is 2.36. The van der Waals surface area contributed by atoms with Crippen molar-refractivity contribution in [2.45, 2.75) is 45.9 Å². The lowest BCUT2D eigenvalue weighted by atomic mass is 10.1. The number of carbonyl (C=O) groups excluding carboxylic acids is 2. The highest BCUT2D eigenvalue weighted by atomic mass is 32.3. The van der Waals surface area contributed by atoms with Crippen LogP contribution in [0.2, 0.25) is 0 Å². The Morgan fingerprint density at radius 1 is 1.26 bits per heavy atom. The Morgan fingerprint density at radius 2 is 1.85 bits per heavy atom. The molecule has 1 atom stereocenters. The molecule has 1 aliphatic heterocycles. The van der Waals surface area contributed by atoms with E-state index < -0.39 is 33.6 Å². The number of hydrogen-bond donors (Lipinski definition) is 1. The molecule has 1 aliphatic rings. The van der Waals surface area contributed by atoms with Crippen molar-refractivity contribution in [1.29, 1.82) is 0 Å². The van der Waals surface area contributed by atoms with Gasteiger partial charge in [-0.05, 0) is 31.9 Å². The maximum Gasteiger partial charge on any atom is 0.407 e. The van der Waals surface area contributed by atoms with E-state index in [2.05, 4.69) is 5.32 Å². The number of nitrogens with zero attached hydrogens (tertiary/aromatic N) is 1. The Morgan fingerprint density at radius 3 is 2.41 bits per heavy atom. The van der Waals surface area contributed by atoms with Crippen LogP contribution in [0.1, 0.15) is 38.3 Å². The lowest BCUT2D eigenvalue weighted by molar-refractivity contribution is -0.128. The third-order valence-corrected chi connectivity index (χ3v) is 4.83. The van der Waals surface area contributed by atoms with Crippen molar-refractivity contribution in [3.8, 4) is 0 Å². The van der Waals surface area contributed by atoms with Gasteiger partial charge in [0.2, 0.25) is 5.91 Å². The van der Waals surface area contributed by atoms with Crippen molar-refractivity contribution >= 4 is 22.2 Å². The zero-order chi connectivity index (χ0) is 20.2. The highest BCUT2D eigenvalue weighted by molar-refractivity contribution is 7.86. The van der Waals surface area contributed by atoms with E-state index in [-0.39, 0.29) is 18.9 Å². The number of halogens is 1. The standard InChI is InChI=1S/C18H25FN2O5S/c1-18(2,3)26-17(23)20-9-13-4-6-14(7-5-13)10-21-11-15(8-16(21)22)12-27(19,24)25/h4-7,15H,8-12H2,1-3H3,(H,20,23). The average molecular weight is 400 g/mol. The van der Waals surface area contributed by atoms with Gasteiger partial charge in [0, 0.05) is 32.0 Å². The molecule has 27 heavy (non-hydrogen) atoms. The topological polar surface area (TPSA) is 92.8 Å². The Balaban J connectivity index is 1.85. The summed E-state index contributed by atoms with van der Waals surface area (Å²) in [6.45, 7) is 6.23. The number of ether oxygens (including phenoxy) is 1. The first-order valence-electron chi connectivity index (χ1n) is 8.66. The first-order valence-corrected chi connectivity index (χ1v) is 10.2. The second-order valence-corrected chi connectivity index (χ2v) is 9.13. The normalized spacial score (nSPS) is 17.9. The van der Waals surface area contributed by atoms with E-state index in [4.69, 9.17) is 4.74 Å². The van der Waals surface area contributed by atoms with Crippen LogP contribution in [-0.4, -0.2) is 43.2 Å². The third-order valence-electron chi connectivity index (χ3n) is 3.96. The summed E-state index contributed by atoms with van der Waals surface area (Å²) >= 11 is 0. The molecular formula is C18H25FN2O5S. The Labute approximate surface area is 159 Å². The van der Waals surface area contributed by atoms with Gasteiger partial charge in [-0.2, -0.15) is 8.42 Å². The minimum Gasteiger partial charge on any atom is -0.444 e. The molecule has 1 N–H and O–H groups in total. The van der Waals surface area contributed by atoms with E-state index >= 15 is 0 Å². The van der Waals surface area contributed by atoms with Crippen LogP contribution in [0.4, 0.5) is 8.68 Å². The molecule has 0 radical (unpaired) electrons. The van der Waals surface area contributed by atoms with E-state index in [0.29, 0.717) is 13.1 Å². The fourth-order valence-electron chi connectivity index (χ4n) is 2.87. The molecule has 0 aromatic heterocycles.